The van der Waals surface area contributed by atoms with Crippen LogP contribution in [0.25, 0.3) is 0 Å². The summed E-state index contributed by atoms with van der Waals surface area (Å²) in [6.07, 6.45) is 5.16. The maximum atomic E-state index is 12.5. The van der Waals surface area contributed by atoms with Gasteiger partial charge in [0.2, 0.25) is 5.91 Å². The Labute approximate surface area is 109 Å². The summed E-state index contributed by atoms with van der Waals surface area (Å²) in [5.74, 6) is 0.836. The van der Waals surface area contributed by atoms with Crippen molar-refractivity contribution in [1.82, 2.24) is 4.90 Å². The minimum atomic E-state index is -0.363. The highest BCUT2D eigenvalue weighted by molar-refractivity contribution is 5.79. The lowest BCUT2D eigenvalue weighted by molar-refractivity contribution is -0.188. The molecule has 1 amide bonds. The Kier molecular flexibility index (Phi) is 3.32. The average molecular weight is 253 g/mol. The number of amides is 1. The Morgan fingerprint density at radius 3 is 2.39 bits per heavy atom. The molecule has 0 aromatic heterocycles. The van der Waals surface area contributed by atoms with Crippen LogP contribution in [-0.2, 0) is 14.3 Å². The van der Waals surface area contributed by atoms with Gasteiger partial charge in [0.1, 0.15) is 0 Å². The topological polar surface area (TPSA) is 38.8 Å². The third-order valence-electron chi connectivity index (χ3n) is 4.83. The standard InChI is InChI=1S/C14H23NO3/c1-11-3-2-4-12(11)13(16)15-7-5-14(6-8-15)17-9-10-18-14/h11-12H,2-10H2,1H3. The second-order valence-corrected chi connectivity index (χ2v) is 5.95. The maximum Gasteiger partial charge on any atom is 0.225 e. The zero-order valence-electron chi connectivity index (χ0n) is 11.2. The van der Waals surface area contributed by atoms with Gasteiger partial charge in [0, 0.05) is 31.8 Å². The fourth-order valence-electron chi connectivity index (χ4n) is 3.60. The molecule has 3 fully saturated rings. The molecular weight excluding hydrogens is 230 g/mol. The van der Waals surface area contributed by atoms with Gasteiger partial charge in [-0.2, -0.15) is 0 Å². The van der Waals surface area contributed by atoms with E-state index in [1.807, 2.05) is 4.90 Å². The second kappa shape index (κ2) is 4.82. The van der Waals surface area contributed by atoms with Crippen molar-refractivity contribution >= 4 is 5.91 Å². The van der Waals surface area contributed by atoms with E-state index < -0.39 is 0 Å². The van der Waals surface area contributed by atoms with Crippen molar-refractivity contribution in [2.75, 3.05) is 26.3 Å². The number of piperidine rings is 1. The Hall–Kier alpha value is -0.610. The predicted octanol–water partition coefficient (Wildman–Crippen LogP) is 1.79. The van der Waals surface area contributed by atoms with E-state index in [4.69, 9.17) is 9.47 Å². The molecule has 3 rings (SSSR count). The van der Waals surface area contributed by atoms with Crippen LogP contribution in [0.4, 0.5) is 0 Å². The summed E-state index contributed by atoms with van der Waals surface area (Å²) in [5, 5.41) is 0. The lowest BCUT2D eigenvalue weighted by Gasteiger charge is -2.38. The summed E-state index contributed by atoms with van der Waals surface area (Å²) in [6, 6.07) is 0. The Morgan fingerprint density at radius 1 is 1.17 bits per heavy atom. The fraction of sp³-hybridized carbons (Fsp3) is 0.929. The number of carbonyl (C=O) groups is 1. The van der Waals surface area contributed by atoms with Crippen molar-refractivity contribution in [2.45, 2.75) is 44.8 Å². The summed E-state index contributed by atoms with van der Waals surface area (Å²) >= 11 is 0. The smallest absolute Gasteiger partial charge is 0.225 e. The number of hydrogen-bond acceptors (Lipinski definition) is 3. The van der Waals surface area contributed by atoms with Crippen LogP contribution in [0.2, 0.25) is 0 Å². The molecule has 2 aliphatic heterocycles. The van der Waals surface area contributed by atoms with Gasteiger partial charge in [-0.1, -0.05) is 13.3 Å². The Bertz CT molecular complexity index is 315. The number of ether oxygens (including phenoxy) is 2. The molecule has 0 aromatic rings. The molecule has 2 saturated heterocycles. The van der Waals surface area contributed by atoms with Crippen LogP contribution in [0.1, 0.15) is 39.0 Å². The van der Waals surface area contributed by atoms with Crippen LogP contribution >= 0.6 is 0 Å². The average Bonchev–Trinajstić information content (AvgIpc) is 2.99. The van der Waals surface area contributed by atoms with Crippen molar-refractivity contribution in [2.24, 2.45) is 11.8 Å². The van der Waals surface area contributed by atoms with Crippen molar-refractivity contribution in [3.8, 4) is 0 Å². The first-order chi connectivity index (χ1) is 8.70. The molecule has 1 saturated carbocycles. The Balaban J connectivity index is 1.57. The number of likely N-dealkylation sites (tertiary alicyclic amines) is 1. The Morgan fingerprint density at radius 2 is 1.83 bits per heavy atom. The third-order valence-corrected chi connectivity index (χ3v) is 4.83. The van der Waals surface area contributed by atoms with Gasteiger partial charge in [0.25, 0.3) is 0 Å². The van der Waals surface area contributed by atoms with Crippen molar-refractivity contribution < 1.29 is 14.3 Å². The van der Waals surface area contributed by atoms with Gasteiger partial charge in [-0.05, 0) is 18.8 Å². The second-order valence-electron chi connectivity index (χ2n) is 5.95. The van der Waals surface area contributed by atoms with Gasteiger partial charge in [-0.15, -0.1) is 0 Å². The van der Waals surface area contributed by atoms with E-state index in [0.717, 1.165) is 32.4 Å². The molecule has 1 spiro atoms. The molecule has 18 heavy (non-hydrogen) atoms. The summed E-state index contributed by atoms with van der Waals surface area (Å²) in [4.78, 5) is 14.5. The zero-order chi connectivity index (χ0) is 12.6. The molecular formula is C14H23NO3. The third kappa shape index (κ3) is 2.16. The molecule has 0 radical (unpaired) electrons. The van der Waals surface area contributed by atoms with Gasteiger partial charge in [0.05, 0.1) is 13.2 Å². The largest absolute Gasteiger partial charge is 0.347 e. The summed E-state index contributed by atoms with van der Waals surface area (Å²) in [6.45, 7) is 5.20. The molecule has 4 heteroatoms. The van der Waals surface area contributed by atoms with E-state index in [1.165, 1.54) is 12.8 Å². The first-order valence-corrected chi connectivity index (χ1v) is 7.27. The van der Waals surface area contributed by atoms with E-state index in [1.54, 1.807) is 0 Å². The summed E-state index contributed by atoms with van der Waals surface area (Å²) < 4.78 is 11.4. The highest BCUT2D eigenvalue weighted by Gasteiger charge is 2.42. The predicted molar refractivity (Wildman–Crippen MR) is 67.0 cm³/mol. The van der Waals surface area contributed by atoms with Crippen LogP contribution < -0.4 is 0 Å². The van der Waals surface area contributed by atoms with Crippen LogP contribution in [-0.4, -0.2) is 42.9 Å². The van der Waals surface area contributed by atoms with E-state index in [2.05, 4.69) is 6.92 Å². The van der Waals surface area contributed by atoms with Crippen molar-refractivity contribution in [3.63, 3.8) is 0 Å². The summed E-state index contributed by atoms with van der Waals surface area (Å²) in [7, 11) is 0. The van der Waals surface area contributed by atoms with Crippen LogP contribution in [0.15, 0.2) is 0 Å². The molecule has 0 N–H and O–H groups in total. The van der Waals surface area contributed by atoms with Crippen LogP contribution in [0, 0.1) is 11.8 Å². The van der Waals surface area contributed by atoms with E-state index in [-0.39, 0.29) is 11.7 Å². The number of nitrogens with zero attached hydrogens (tertiary/aromatic N) is 1. The lowest BCUT2D eigenvalue weighted by atomic mass is 9.94. The van der Waals surface area contributed by atoms with E-state index in [9.17, 15) is 4.79 Å². The highest BCUT2D eigenvalue weighted by atomic mass is 16.7. The number of hydrogen-bond donors (Lipinski definition) is 0. The lowest BCUT2D eigenvalue weighted by Crippen LogP contribution is -2.49. The monoisotopic (exact) mass is 253 g/mol. The fourth-order valence-corrected chi connectivity index (χ4v) is 3.60. The van der Waals surface area contributed by atoms with Crippen molar-refractivity contribution in [3.05, 3.63) is 0 Å². The molecule has 0 bridgehead atoms. The molecule has 0 aromatic carbocycles. The molecule has 3 aliphatic rings. The highest BCUT2D eigenvalue weighted by Crippen LogP contribution is 2.35. The number of rotatable bonds is 1. The SMILES string of the molecule is CC1CCCC1C(=O)N1CCC2(CC1)OCCO2. The van der Waals surface area contributed by atoms with Crippen molar-refractivity contribution in [1.29, 1.82) is 0 Å². The molecule has 1 aliphatic carbocycles. The maximum absolute atomic E-state index is 12.5. The molecule has 4 nitrogen and oxygen atoms in total. The number of carbonyl (C=O) groups excluding carboxylic acids is 1. The molecule has 2 atom stereocenters. The van der Waals surface area contributed by atoms with Gasteiger partial charge >= 0.3 is 0 Å². The van der Waals surface area contributed by atoms with Gasteiger partial charge in [-0.3, -0.25) is 4.79 Å². The van der Waals surface area contributed by atoms with Gasteiger partial charge in [-0.25, -0.2) is 0 Å². The minimum Gasteiger partial charge on any atom is -0.347 e. The van der Waals surface area contributed by atoms with Gasteiger partial charge < -0.3 is 14.4 Å². The van der Waals surface area contributed by atoms with Gasteiger partial charge in [0.15, 0.2) is 5.79 Å². The zero-order valence-corrected chi connectivity index (χ0v) is 11.2. The first-order valence-electron chi connectivity index (χ1n) is 7.27. The quantitative estimate of drug-likeness (QED) is 0.715. The molecule has 2 heterocycles. The van der Waals surface area contributed by atoms with E-state index in [0.29, 0.717) is 25.0 Å². The normalized spacial score (nSPS) is 35.3. The van der Waals surface area contributed by atoms with Crippen LogP contribution in [0.3, 0.4) is 0 Å². The molecule has 102 valence electrons. The van der Waals surface area contributed by atoms with Crippen LogP contribution in [0.5, 0.6) is 0 Å². The molecule has 2 unspecified atom stereocenters. The first kappa shape index (κ1) is 12.4. The summed E-state index contributed by atoms with van der Waals surface area (Å²) in [5.41, 5.74) is 0. The van der Waals surface area contributed by atoms with E-state index >= 15 is 0 Å². The minimum absolute atomic E-state index is 0.268.